The predicted molar refractivity (Wildman–Crippen MR) is 79.5 cm³/mol. The highest BCUT2D eigenvalue weighted by molar-refractivity contribution is 5.50. The molecule has 0 heterocycles. The Morgan fingerprint density at radius 2 is 1.86 bits per heavy atom. The summed E-state index contributed by atoms with van der Waals surface area (Å²) in [5.41, 5.74) is 0.438. The number of hydrogen-bond donors (Lipinski definition) is 2. The van der Waals surface area contributed by atoms with E-state index in [4.69, 9.17) is 9.84 Å². The number of nitrogens with one attached hydrogen (secondary N) is 1. The van der Waals surface area contributed by atoms with Crippen molar-refractivity contribution in [2.45, 2.75) is 26.4 Å². The molecule has 0 radical (unpaired) electrons. The number of halogens is 2. The highest BCUT2D eigenvalue weighted by Gasteiger charge is 2.17. The lowest BCUT2D eigenvalue weighted by atomic mass is 10.1. The maximum Gasteiger partial charge on any atom is 0.149 e. The fraction of sp³-hybridized carbons (Fsp3) is 0.600. The van der Waals surface area contributed by atoms with Crippen molar-refractivity contribution in [1.29, 1.82) is 0 Å². The number of ether oxygens (including phenoxy) is 1. The van der Waals surface area contributed by atoms with Gasteiger partial charge in [-0.05, 0) is 17.7 Å². The third-order valence-electron chi connectivity index (χ3n) is 3.04. The Morgan fingerprint density at radius 1 is 1.24 bits per heavy atom. The minimum absolute atomic E-state index is 0.116. The normalized spacial score (nSPS) is 11.2. The quantitative estimate of drug-likeness (QED) is 0.731. The summed E-state index contributed by atoms with van der Waals surface area (Å²) in [6, 6.07) is 2.89. The van der Waals surface area contributed by atoms with Crippen molar-refractivity contribution in [3.63, 3.8) is 0 Å². The van der Waals surface area contributed by atoms with Crippen molar-refractivity contribution in [3.05, 3.63) is 29.3 Å². The molecule has 0 saturated carbocycles. The van der Waals surface area contributed by atoms with Crippen LogP contribution in [0.5, 0.6) is 0 Å². The molecule has 1 aromatic rings. The topological polar surface area (TPSA) is 44.7 Å². The lowest BCUT2D eigenvalue weighted by molar-refractivity contribution is 0.202. The lowest BCUT2D eigenvalue weighted by Crippen LogP contribution is -2.32. The number of aliphatic hydroxyl groups is 1. The highest BCUT2D eigenvalue weighted by atomic mass is 19.1. The molecule has 0 saturated heterocycles. The summed E-state index contributed by atoms with van der Waals surface area (Å²) in [5, 5.41) is 12.2. The van der Waals surface area contributed by atoms with Crippen molar-refractivity contribution in [2.75, 3.05) is 38.3 Å². The van der Waals surface area contributed by atoms with Crippen LogP contribution in [0.4, 0.5) is 14.5 Å². The second-order valence-electron chi connectivity index (χ2n) is 5.15. The molecule has 2 N–H and O–H groups in total. The summed E-state index contributed by atoms with van der Waals surface area (Å²) in [7, 11) is 1.52. The molecule has 0 atom stereocenters. The molecule has 1 rings (SSSR count). The third kappa shape index (κ3) is 5.57. The summed E-state index contributed by atoms with van der Waals surface area (Å²) in [4.78, 5) is 1.45. The van der Waals surface area contributed by atoms with E-state index < -0.39 is 11.6 Å². The lowest BCUT2D eigenvalue weighted by Gasteiger charge is -2.25. The van der Waals surface area contributed by atoms with Crippen LogP contribution in [0.15, 0.2) is 12.1 Å². The first kappa shape index (κ1) is 17.8. The van der Waals surface area contributed by atoms with Crippen molar-refractivity contribution < 1.29 is 18.6 Å². The van der Waals surface area contributed by atoms with Crippen LogP contribution in [0.2, 0.25) is 0 Å². The molecule has 21 heavy (non-hydrogen) atoms. The van der Waals surface area contributed by atoms with E-state index in [9.17, 15) is 8.78 Å². The first-order chi connectivity index (χ1) is 9.99. The minimum Gasteiger partial charge on any atom is -0.395 e. The zero-order valence-corrected chi connectivity index (χ0v) is 12.8. The average molecular weight is 302 g/mol. The highest BCUT2D eigenvalue weighted by Crippen LogP contribution is 2.25. The number of hydrogen-bond acceptors (Lipinski definition) is 4. The number of rotatable bonds is 9. The fourth-order valence-electron chi connectivity index (χ4n) is 2.00. The molecule has 0 aliphatic heterocycles. The van der Waals surface area contributed by atoms with E-state index in [-0.39, 0.29) is 24.9 Å². The largest absolute Gasteiger partial charge is 0.395 e. The molecule has 0 fully saturated rings. The van der Waals surface area contributed by atoms with Gasteiger partial charge < -0.3 is 20.1 Å². The van der Waals surface area contributed by atoms with E-state index in [1.807, 2.05) is 13.8 Å². The van der Waals surface area contributed by atoms with Crippen LogP contribution in [0, 0.1) is 11.6 Å². The Bertz CT molecular complexity index is 419. The summed E-state index contributed by atoms with van der Waals surface area (Å²) >= 11 is 0. The van der Waals surface area contributed by atoms with E-state index in [2.05, 4.69) is 5.32 Å². The second kappa shape index (κ2) is 8.92. The molecule has 120 valence electrons. The molecule has 1 aromatic carbocycles. The number of anilines is 1. The van der Waals surface area contributed by atoms with Gasteiger partial charge in [0.1, 0.15) is 17.3 Å². The Morgan fingerprint density at radius 3 is 2.33 bits per heavy atom. The monoisotopic (exact) mass is 302 g/mol. The first-order valence-electron chi connectivity index (χ1n) is 7.05. The zero-order valence-electron chi connectivity index (χ0n) is 12.8. The molecule has 4 nitrogen and oxygen atoms in total. The molecular weight excluding hydrogens is 278 g/mol. The van der Waals surface area contributed by atoms with Crippen molar-refractivity contribution in [1.82, 2.24) is 5.32 Å². The summed E-state index contributed by atoms with van der Waals surface area (Å²) in [6.07, 6.45) is 0. The van der Waals surface area contributed by atoms with E-state index in [1.165, 1.54) is 24.1 Å². The van der Waals surface area contributed by atoms with Gasteiger partial charge >= 0.3 is 0 Å². The summed E-state index contributed by atoms with van der Waals surface area (Å²) < 4.78 is 33.3. The maximum atomic E-state index is 14.2. The van der Waals surface area contributed by atoms with Crippen molar-refractivity contribution in [3.8, 4) is 0 Å². The number of nitrogens with zero attached hydrogens (tertiary/aromatic N) is 1. The molecule has 0 aromatic heterocycles. The molecular formula is C15H24F2N2O2. The van der Waals surface area contributed by atoms with Crippen LogP contribution < -0.4 is 10.2 Å². The number of benzene rings is 1. The molecule has 0 aliphatic carbocycles. The first-order valence-corrected chi connectivity index (χ1v) is 7.05. The zero-order chi connectivity index (χ0) is 15.8. The molecule has 0 bridgehead atoms. The fourth-order valence-corrected chi connectivity index (χ4v) is 2.00. The van der Waals surface area contributed by atoms with Gasteiger partial charge in [-0.15, -0.1) is 0 Å². The van der Waals surface area contributed by atoms with Gasteiger partial charge in [-0.3, -0.25) is 0 Å². The Labute approximate surface area is 124 Å². The van der Waals surface area contributed by atoms with Crippen LogP contribution in [0.3, 0.4) is 0 Å². The standard InChI is InChI=1S/C15H24F2N2O2/c1-11(2)18-10-12-8-13(16)15(14(17)9-12)19(4-6-20)5-7-21-3/h8-9,11,18,20H,4-7,10H2,1-3H3. The number of methoxy groups -OCH3 is 1. The van der Waals surface area contributed by atoms with E-state index >= 15 is 0 Å². The van der Waals surface area contributed by atoms with Gasteiger partial charge in [0.25, 0.3) is 0 Å². The van der Waals surface area contributed by atoms with Gasteiger partial charge in [-0.2, -0.15) is 0 Å². The molecule has 0 aliphatic rings. The Balaban J connectivity index is 2.95. The average Bonchev–Trinajstić information content (AvgIpc) is 2.41. The minimum atomic E-state index is -0.625. The number of aliphatic hydroxyl groups excluding tert-OH is 1. The van der Waals surface area contributed by atoms with Crippen molar-refractivity contribution >= 4 is 5.69 Å². The molecule has 0 amide bonds. The van der Waals surface area contributed by atoms with Crippen LogP contribution in [-0.2, 0) is 11.3 Å². The molecule has 0 unspecified atom stereocenters. The predicted octanol–water partition coefficient (Wildman–Crippen LogP) is 1.91. The second-order valence-corrected chi connectivity index (χ2v) is 5.15. The third-order valence-corrected chi connectivity index (χ3v) is 3.04. The summed E-state index contributed by atoms with van der Waals surface area (Å²) in [5.74, 6) is -1.25. The van der Waals surface area contributed by atoms with Crippen molar-refractivity contribution in [2.24, 2.45) is 0 Å². The Kier molecular flexibility index (Phi) is 7.56. The van der Waals surface area contributed by atoms with Crippen LogP contribution in [0.25, 0.3) is 0 Å². The van der Waals surface area contributed by atoms with E-state index in [0.717, 1.165) is 0 Å². The van der Waals surface area contributed by atoms with E-state index in [0.29, 0.717) is 25.3 Å². The van der Waals surface area contributed by atoms with Gasteiger partial charge in [-0.25, -0.2) is 8.78 Å². The van der Waals surface area contributed by atoms with Crippen LogP contribution in [0.1, 0.15) is 19.4 Å². The van der Waals surface area contributed by atoms with Gasteiger partial charge in [-0.1, -0.05) is 13.8 Å². The van der Waals surface area contributed by atoms with Crippen LogP contribution >= 0.6 is 0 Å². The molecule has 0 spiro atoms. The van der Waals surface area contributed by atoms with E-state index in [1.54, 1.807) is 0 Å². The van der Waals surface area contributed by atoms with Gasteiger partial charge in [0.05, 0.1) is 13.2 Å². The van der Waals surface area contributed by atoms with Gasteiger partial charge in [0, 0.05) is 32.8 Å². The molecule has 6 heteroatoms. The Hall–Kier alpha value is -1.24. The maximum absolute atomic E-state index is 14.2. The van der Waals surface area contributed by atoms with Gasteiger partial charge in [0.2, 0.25) is 0 Å². The SMILES string of the molecule is COCCN(CCO)c1c(F)cc(CNC(C)C)cc1F. The van der Waals surface area contributed by atoms with Gasteiger partial charge in [0.15, 0.2) is 0 Å². The summed E-state index contributed by atoms with van der Waals surface area (Å²) in [6.45, 7) is 4.96. The van der Waals surface area contributed by atoms with Crippen LogP contribution in [-0.4, -0.2) is 44.6 Å². The smallest absolute Gasteiger partial charge is 0.149 e.